The topological polar surface area (TPSA) is 84.1 Å². The van der Waals surface area contributed by atoms with Crippen molar-refractivity contribution < 1.29 is 18.7 Å². The number of carbonyl (C=O) groups is 2. The lowest BCUT2D eigenvalue weighted by Crippen LogP contribution is -2.35. The number of aryl methyl sites for hydroxylation is 1. The highest BCUT2D eigenvalue weighted by molar-refractivity contribution is 5.99. The molecule has 0 spiro atoms. The fourth-order valence-electron chi connectivity index (χ4n) is 3.05. The van der Waals surface area contributed by atoms with E-state index in [1.54, 1.807) is 12.1 Å². The average Bonchev–Trinajstić information content (AvgIpc) is 2.98. The molecule has 30 heavy (non-hydrogen) atoms. The molecule has 0 aliphatic carbocycles. The molecule has 0 fully saturated rings. The summed E-state index contributed by atoms with van der Waals surface area (Å²) >= 11 is 0. The molecule has 1 aromatic carbocycles. The maximum Gasteiger partial charge on any atom is 0.349 e. The second-order valence-electron chi connectivity index (χ2n) is 7.04. The van der Waals surface area contributed by atoms with Gasteiger partial charge in [0.05, 0.1) is 0 Å². The Balaban J connectivity index is 2.02. The molecular formula is C23H26FN3O3. The smallest absolute Gasteiger partial charge is 0.349 e. The van der Waals surface area contributed by atoms with Crippen LogP contribution >= 0.6 is 0 Å². The number of nitriles is 1. The second-order valence-corrected chi connectivity index (χ2v) is 7.04. The summed E-state index contributed by atoms with van der Waals surface area (Å²) in [6, 6.07) is 9.47. The van der Waals surface area contributed by atoms with Crippen LogP contribution in [0.3, 0.4) is 0 Å². The third-order valence-corrected chi connectivity index (χ3v) is 4.73. The number of hydrogen-bond donors (Lipinski definition) is 1. The largest absolute Gasteiger partial charge is 0.448 e. The van der Waals surface area contributed by atoms with Gasteiger partial charge in [0.1, 0.15) is 17.5 Å². The molecule has 158 valence electrons. The van der Waals surface area contributed by atoms with E-state index in [4.69, 9.17) is 4.74 Å². The maximum atomic E-state index is 12.9. The summed E-state index contributed by atoms with van der Waals surface area (Å²) in [5.41, 5.74) is 3.30. The summed E-state index contributed by atoms with van der Waals surface area (Å²) in [7, 11) is 0. The van der Waals surface area contributed by atoms with Gasteiger partial charge >= 0.3 is 5.97 Å². The monoisotopic (exact) mass is 411 g/mol. The first kappa shape index (κ1) is 22.9. The quantitative estimate of drug-likeness (QED) is 0.407. The lowest BCUT2D eigenvalue weighted by Gasteiger charge is -2.13. The minimum Gasteiger partial charge on any atom is -0.448 e. The highest BCUT2D eigenvalue weighted by Crippen LogP contribution is 2.19. The first-order valence-corrected chi connectivity index (χ1v) is 9.78. The van der Waals surface area contributed by atoms with Crippen LogP contribution in [0.25, 0.3) is 6.08 Å². The zero-order valence-corrected chi connectivity index (χ0v) is 17.7. The Hall–Kier alpha value is -3.40. The van der Waals surface area contributed by atoms with Gasteiger partial charge in [0.25, 0.3) is 5.91 Å². The summed E-state index contributed by atoms with van der Waals surface area (Å²) in [4.78, 5) is 24.6. The summed E-state index contributed by atoms with van der Waals surface area (Å²) in [5.74, 6) is -1.73. The van der Waals surface area contributed by atoms with Crippen molar-refractivity contribution in [3.8, 4) is 6.07 Å². The van der Waals surface area contributed by atoms with E-state index >= 15 is 0 Å². The number of nitrogens with one attached hydrogen (secondary N) is 1. The van der Waals surface area contributed by atoms with Crippen molar-refractivity contribution in [1.82, 2.24) is 9.88 Å². The van der Waals surface area contributed by atoms with Gasteiger partial charge in [0.2, 0.25) is 0 Å². The average molecular weight is 411 g/mol. The Bertz CT molecular complexity index is 984. The zero-order valence-electron chi connectivity index (χ0n) is 17.7. The van der Waals surface area contributed by atoms with Crippen LogP contribution in [0.5, 0.6) is 0 Å². The van der Waals surface area contributed by atoms with Gasteiger partial charge in [-0.3, -0.25) is 4.79 Å². The summed E-state index contributed by atoms with van der Waals surface area (Å²) in [5, 5.41) is 12.0. The fourth-order valence-corrected chi connectivity index (χ4v) is 3.05. The zero-order chi connectivity index (χ0) is 22.3. The third kappa shape index (κ3) is 5.80. The number of benzene rings is 1. The molecular weight excluding hydrogens is 385 g/mol. The number of ether oxygens (including phenoxy) is 1. The van der Waals surface area contributed by atoms with Crippen molar-refractivity contribution >= 4 is 18.0 Å². The van der Waals surface area contributed by atoms with Gasteiger partial charge in [-0.1, -0.05) is 19.1 Å². The van der Waals surface area contributed by atoms with E-state index in [9.17, 15) is 19.2 Å². The van der Waals surface area contributed by atoms with Gasteiger partial charge in [0, 0.05) is 24.5 Å². The molecule has 2 aromatic rings. The van der Waals surface area contributed by atoms with Crippen LogP contribution in [0, 0.1) is 31.0 Å². The number of carbonyl (C=O) groups excluding carboxylic acids is 2. The molecule has 1 heterocycles. The summed E-state index contributed by atoms with van der Waals surface area (Å²) in [6.07, 6.45) is 1.37. The van der Waals surface area contributed by atoms with Gasteiger partial charge in [0.15, 0.2) is 6.10 Å². The van der Waals surface area contributed by atoms with Crippen molar-refractivity contribution in [2.45, 2.75) is 53.3 Å². The minimum atomic E-state index is -1.08. The second kappa shape index (κ2) is 10.4. The predicted molar refractivity (Wildman–Crippen MR) is 112 cm³/mol. The predicted octanol–water partition coefficient (Wildman–Crippen LogP) is 3.81. The number of rotatable bonds is 8. The van der Waals surface area contributed by atoms with E-state index in [1.807, 2.05) is 26.0 Å². The van der Waals surface area contributed by atoms with Crippen molar-refractivity contribution in [2.24, 2.45) is 0 Å². The molecule has 7 heteroatoms. The van der Waals surface area contributed by atoms with Crippen LogP contribution in [-0.2, 0) is 27.4 Å². The SMILES string of the molecule is CCCn1c(C)cc(/C=C(\C#N)C(=O)O[C@H](C)C(=O)NCc2ccc(F)cc2)c1C. The van der Waals surface area contributed by atoms with E-state index in [1.165, 1.54) is 25.1 Å². The Morgan fingerprint density at radius 2 is 1.97 bits per heavy atom. The molecule has 2 rings (SSSR count). The number of amides is 1. The number of aromatic nitrogens is 1. The van der Waals surface area contributed by atoms with Crippen molar-refractivity contribution in [2.75, 3.05) is 0 Å². The Labute approximate surface area is 176 Å². The van der Waals surface area contributed by atoms with Gasteiger partial charge in [-0.2, -0.15) is 5.26 Å². The Morgan fingerprint density at radius 1 is 1.30 bits per heavy atom. The molecule has 1 amide bonds. The molecule has 0 saturated carbocycles. The van der Waals surface area contributed by atoms with E-state index in [2.05, 4.69) is 16.8 Å². The minimum absolute atomic E-state index is 0.172. The fraction of sp³-hybridized carbons (Fsp3) is 0.348. The maximum absolute atomic E-state index is 12.9. The van der Waals surface area contributed by atoms with Crippen LogP contribution in [0.1, 0.15) is 42.8 Å². The highest BCUT2D eigenvalue weighted by Gasteiger charge is 2.21. The van der Waals surface area contributed by atoms with Crippen LogP contribution in [0.2, 0.25) is 0 Å². The molecule has 0 aliphatic rings. The van der Waals surface area contributed by atoms with E-state index in [0.717, 1.165) is 29.9 Å². The molecule has 6 nitrogen and oxygen atoms in total. The number of halogens is 1. The molecule has 0 saturated heterocycles. The molecule has 1 N–H and O–H groups in total. The van der Waals surface area contributed by atoms with Crippen LogP contribution in [-0.4, -0.2) is 22.5 Å². The normalized spacial score (nSPS) is 12.2. The Morgan fingerprint density at radius 3 is 2.57 bits per heavy atom. The lowest BCUT2D eigenvalue weighted by atomic mass is 10.1. The highest BCUT2D eigenvalue weighted by atomic mass is 19.1. The van der Waals surface area contributed by atoms with Crippen molar-refractivity contribution in [1.29, 1.82) is 5.26 Å². The van der Waals surface area contributed by atoms with Gasteiger partial charge in [-0.15, -0.1) is 0 Å². The van der Waals surface area contributed by atoms with Gasteiger partial charge in [-0.05, 0) is 62.6 Å². The first-order valence-electron chi connectivity index (χ1n) is 9.78. The molecule has 0 unspecified atom stereocenters. The third-order valence-electron chi connectivity index (χ3n) is 4.73. The van der Waals surface area contributed by atoms with Gasteiger partial charge < -0.3 is 14.6 Å². The summed E-state index contributed by atoms with van der Waals surface area (Å²) in [6.45, 7) is 8.43. The van der Waals surface area contributed by atoms with E-state index in [-0.39, 0.29) is 17.9 Å². The molecule has 0 radical (unpaired) electrons. The van der Waals surface area contributed by atoms with Crippen LogP contribution in [0.4, 0.5) is 4.39 Å². The van der Waals surface area contributed by atoms with Crippen molar-refractivity contribution in [3.05, 3.63) is 64.2 Å². The number of nitrogens with zero attached hydrogens (tertiary/aromatic N) is 2. The molecule has 1 aromatic heterocycles. The van der Waals surface area contributed by atoms with E-state index in [0.29, 0.717) is 5.56 Å². The lowest BCUT2D eigenvalue weighted by molar-refractivity contribution is -0.150. The molecule has 0 bridgehead atoms. The number of esters is 1. The van der Waals surface area contributed by atoms with Gasteiger partial charge in [-0.25, -0.2) is 9.18 Å². The van der Waals surface area contributed by atoms with Crippen molar-refractivity contribution in [3.63, 3.8) is 0 Å². The molecule has 0 aliphatic heterocycles. The summed E-state index contributed by atoms with van der Waals surface area (Å²) < 4.78 is 20.2. The first-order chi connectivity index (χ1) is 14.3. The molecule has 1 atom stereocenters. The Kier molecular flexibility index (Phi) is 7.93. The standard InChI is InChI=1S/C23H26FN3O3/c1-5-10-27-15(2)11-19(16(27)3)12-20(13-25)23(29)30-17(4)22(28)26-14-18-6-8-21(24)9-7-18/h6-9,11-12,17H,5,10,14H2,1-4H3,(H,26,28)/b20-12+/t17-/m1/s1. The van der Waals surface area contributed by atoms with Crippen LogP contribution < -0.4 is 5.32 Å². The van der Waals surface area contributed by atoms with Crippen LogP contribution in [0.15, 0.2) is 35.9 Å². The van der Waals surface area contributed by atoms with E-state index < -0.39 is 18.0 Å². The number of hydrogen-bond acceptors (Lipinski definition) is 4.